The van der Waals surface area contributed by atoms with Crippen LogP contribution in [-0.2, 0) is 25.4 Å². The Kier molecular flexibility index (Phi) is 12.5. The molecule has 6 rings (SSSR count). The van der Waals surface area contributed by atoms with Crippen LogP contribution in [0, 0.1) is 0 Å². The third kappa shape index (κ3) is 8.60. The second kappa shape index (κ2) is 17.8. The Morgan fingerprint density at radius 2 is 1.62 bits per heavy atom. The molecule has 4 aromatic carbocycles. The number of rotatable bonds is 16. The van der Waals surface area contributed by atoms with E-state index in [0.717, 1.165) is 46.2 Å². The maximum Gasteiger partial charge on any atom is 0.410 e. The number of fused-ring (bicyclic) bond motifs is 3. The van der Waals surface area contributed by atoms with E-state index in [1.165, 1.54) is 0 Å². The number of aryl methyl sites for hydroxylation is 1. The smallest absolute Gasteiger partial charge is 0.410 e. The van der Waals surface area contributed by atoms with E-state index in [-0.39, 0.29) is 12.5 Å². The van der Waals surface area contributed by atoms with E-state index in [4.69, 9.17) is 28.4 Å². The number of carbonyl (C=O) groups is 2. The molecular formula is C43H47NO8. The molecule has 2 atom stereocenters. The second-order valence-corrected chi connectivity index (χ2v) is 12.9. The molecule has 1 fully saturated rings. The summed E-state index contributed by atoms with van der Waals surface area (Å²) in [7, 11) is 3.21. The Morgan fingerprint density at radius 1 is 0.865 bits per heavy atom. The molecule has 0 spiro atoms. The maximum atomic E-state index is 14.1. The van der Waals surface area contributed by atoms with Crippen LogP contribution in [0.15, 0.2) is 104 Å². The molecule has 52 heavy (non-hydrogen) atoms. The van der Waals surface area contributed by atoms with Crippen LogP contribution in [0.25, 0.3) is 11.1 Å². The number of carbonyl (C=O) groups excluding carboxylic acids is 2. The molecule has 1 unspecified atom stereocenters. The van der Waals surface area contributed by atoms with E-state index >= 15 is 0 Å². The third-order valence-electron chi connectivity index (χ3n) is 9.71. The normalized spacial score (nSPS) is 15.6. The van der Waals surface area contributed by atoms with E-state index in [0.29, 0.717) is 62.9 Å². The van der Waals surface area contributed by atoms with Gasteiger partial charge in [-0.1, -0.05) is 72.8 Å². The SMILES string of the molecule is C=CCOCCOc1cccc(C(CCc2ccc(OC)c(OC)c2)OC(=O)[C@@H]2CCCCN2C(=O)OCC2c3ccccc3-c3ccccc32)c1. The van der Waals surface area contributed by atoms with E-state index in [1.807, 2.05) is 66.7 Å². The first-order chi connectivity index (χ1) is 25.5. The Morgan fingerprint density at radius 3 is 2.35 bits per heavy atom. The van der Waals surface area contributed by atoms with E-state index in [9.17, 15) is 9.59 Å². The summed E-state index contributed by atoms with van der Waals surface area (Å²) in [6.07, 6.45) is 3.77. The largest absolute Gasteiger partial charge is 0.493 e. The van der Waals surface area contributed by atoms with Gasteiger partial charge in [0.2, 0.25) is 0 Å². The molecule has 1 heterocycles. The average Bonchev–Trinajstić information content (AvgIpc) is 3.51. The number of piperidine rings is 1. The average molecular weight is 706 g/mol. The zero-order chi connectivity index (χ0) is 36.3. The Balaban J connectivity index is 1.16. The Labute approximate surface area is 306 Å². The van der Waals surface area contributed by atoms with Gasteiger partial charge in [0.15, 0.2) is 11.5 Å². The number of benzene rings is 4. The number of nitrogens with zero attached hydrogens (tertiary/aromatic N) is 1. The number of ether oxygens (including phenoxy) is 6. The first kappa shape index (κ1) is 36.5. The lowest BCUT2D eigenvalue weighted by Gasteiger charge is -2.34. The number of likely N-dealkylation sites (tertiary alicyclic amines) is 1. The van der Waals surface area contributed by atoms with Gasteiger partial charge in [0.25, 0.3) is 0 Å². The fourth-order valence-electron chi connectivity index (χ4n) is 7.11. The fraction of sp³-hybridized carbons (Fsp3) is 0.349. The van der Waals surface area contributed by atoms with Crippen molar-refractivity contribution in [3.8, 4) is 28.4 Å². The number of hydrogen-bond donors (Lipinski definition) is 0. The van der Waals surface area contributed by atoms with Crippen molar-refractivity contribution in [2.24, 2.45) is 0 Å². The Hall–Kier alpha value is -5.28. The molecule has 272 valence electrons. The lowest BCUT2D eigenvalue weighted by molar-refractivity contribution is -0.157. The van der Waals surface area contributed by atoms with Crippen molar-refractivity contribution >= 4 is 12.1 Å². The summed E-state index contributed by atoms with van der Waals surface area (Å²) >= 11 is 0. The molecule has 0 radical (unpaired) electrons. The summed E-state index contributed by atoms with van der Waals surface area (Å²) < 4.78 is 34.7. The lowest BCUT2D eigenvalue weighted by Crippen LogP contribution is -2.49. The molecule has 1 saturated heterocycles. The van der Waals surface area contributed by atoms with Crippen molar-refractivity contribution in [2.45, 2.75) is 50.2 Å². The number of methoxy groups -OCH3 is 2. The van der Waals surface area contributed by atoms with Gasteiger partial charge in [-0.3, -0.25) is 4.90 Å². The summed E-state index contributed by atoms with van der Waals surface area (Å²) in [5, 5.41) is 0. The molecule has 1 aliphatic carbocycles. The van der Waals surface area contributed by atoms with Gasteiger partial charge < -0.3 is 28.4 Å². The van der Waals surface area contributed by atoms with Crippen LogP contribution in [0.3, 0.4) is 0 Å². The van der Waals surface area contributed by atoms with E-state index in [1.54, 1.807) is 25.2 Å². The van der Waals surface area contributed by atoms with Gasteiger partial charge in [0, 0.05) is 12.5 Å². The van der Waals surface area contributed by atoms with Crippen molar-refractivity contribution in [2.75, 3.05) is 47.2 Å². The van der Waals surface area contributed by atoms with Gasteiger partial charge >= 0.3 is 12.1 Å². The summed E-state index contributed by atoms with van der Waals surface area (Å²) in [6.45, 7) is 5.51. The van der Waals surface area contributed by atoms with Gasteiger partial charge in [-0.25, -0.2) is 9.59 Å². The van der Waals surface area contributed by atoms with Crippen LogP contribution in [0.2, 0.25) is 0 Å². The van der Waals surface area contributed by atoms with Crippen LogP contribution in [0.1, 0.15) is 60.0 Å². The van der Waals surface area contributed by atoms with Gasteiger partial charge in [-0.05, 0) is 89.8 Å². The molecule has 9 heteroatoms. The highest BCUT2D eigenvalue weighted by Crippen LogP contribution is 2.44. The van der Waals surface area contributed by atoms with Crippen LogP contribution in [-0.4, -0.2) is 70.2 Å². The van der Waals surface area contributed by atoms with E-state index < -0.39 is 24.2 Å². The minimum atomic E-state index is -0.755. The summed E-state index contributed by atoms with van der Waals surface area (Å²) in [5.41, 5.74) is 6.39. The summed E-state index contributed by atoms with van der Waals surface area (Å²) in [5.74, 6) is 1.39. The molecular weight excluding hydrogens is 658 g/mol. The second-order valence-electron chi connectivity index (χ2n) is 12.9. The minimum absolute atomic E-state index is 0.0736. The highest BCUT2D eigenvalue weighted by molar-refractivity contribution is 5.82. The molecule has 1 amide bonds. The fourth-order valence-corrected chi connectivity index (χ4v) is 7.11. The molecule has 0 aromatic heterocycles. The molecule has 9 nitrogen and oxygen atoms in total. The predicted molar refractivity (Wildman–Crippen MR) is 199 cm³/mol. The number of esters is 1. The molecule has 0 N–H and O–H groups in total. The lowest BCUT2D eigenvalue weighted by atomic mass is 9.98. The van der Waals surface area contributed by atoms with Crippen molar-refractivity contribution in [1.29, 1.82) is 0 Å². The molecule has 1 aliphatic heterocycles. The predicted octanol–water partition coefficient (Wildman–Crippen LogP) is 8.31. The van der Waals surface area contributed by atoms with Crippen LogP contribution < -0.4 is 14.2 Å². The number of amides is 1. The van der Waals surface area contributed by atoms with Crippen molar-refractivity contribution in [3.63, 3.8) is 0 Å². The molecule has 0 saturated carbocycles. The zero-order valence-electron chi connectivity index (χ0n) is 30.0. The summed E-state index contributed by atoms with van der Waals surface area (Å²) in [6, 6.07) is 29.1. The van der Waals surface area contributed by atoms with Gasteiger partial charge in [0.05, 0.1) is 27.4 Å². The Bertz CT molecular complexity index is 1790. The van der Waals surface area contributed by atoms with Crippen LogP contribution >= 0.6 is 0 Å². The molecule has 2 aliphatic rings. The van der Waals surface area contributed by atoms with Crippen molar-refractivity contribution < 1.29 is 38.0 Å². The van der Waals surface area contributed by atoms with Crippen molar-refractivity contribution in [1.82, 2.24) is 4.90 Å². The van der Waals surface area contributed by atoms with Gasteiger partial charge in [-0.15, -0.1) is 6.58 Å². The highest BCUT2D eigenvalue weighted by Gasteiger charge is 2.37. The quantitative estimate of drug-likeness (QED) is 0.0653. The van der Waals surface area contributed by atoms with Crippen LogP contribution in [0.5, 0.6) is 17.2 Å². The monoisotopic (exact) mass is 705 g/mol. The molecule has 0 bridgehead atoms. The van der Waals surface area contributed by atoms with Gasteiger partial charge in [0.1, 0.15) is 31.1 Å². The third-order valence-corrected chi connectivity index (χ3v) is 9.71. The zero-order valence-corrected chi connectivity index (χ0v) is 30.0. The number of hydrogen-bond acceptors (Lipinski definition) is 8. The molecule has 4 aromatic rings. The summed E-state index contributed by atoms with van der Waals surface area (Å²) in [4.78, 5) is 29.3. The first-order valence-corrected chi connectivity index (χ1v) is 17.9. The minimum Gasteiger partial charge on any atom is -0.493 e. The topological polar surface area (TPSA) is 92.8 Å². The van der Waals surface area contributed by atoms with Gasteiger partial charge in [-0.2, -0.15) is 0 Å². The first-order valence-electron chi connectivity index (χ1n) is 17.9. The highest BCUT2D eigenvalue weighted by atomic mass is 16.6. The van der Waals surface area contributed by atoms with Crippen molar-refractivity contribution in [3.05, 3.63) is 126 Å². The standard InChI is InChI=1S/C43H47NO8/c1-4-24-49-25-26-50-32-13-11-12-31(28-32)39(21-19-30-20-22-40(47-2)41(27-30)48-3)52-42(45)38-18-9-10-23-44(38)43(46)51-29-37-35-16-7-5-14-33(35)34-15-6-8-17-36(34)37/h4-8,11-17,20,22,27-28,37-39H,1,9-10,18-19,21,23-26,29H2,2-3H3/t38-,39?/m0/s1. The van der Waals surface area contributed by atoms with E-state index in [2.05, 4.69) is 30.8 Å². The van der Waals surface area contributed by atoms with Crippen LogP contribution in [0.4, 0.5) is 4.79 Å². The maximum absolute atomic E-state index is 14.1.